The third kappa shape index (κ3) is 3.02. The van der Waals surface area contributed by atoms with E-state index in [1.54, 1.807) is 0 Å². The summed E-state index contributed by atoms with van der Waals surface area (Å²) in [6.45, 7) is -0.369. The summed E-state index contributed by atoms with van der Waals surface area (Å²) in [6, 6.07) is 0. The number of hydrogen-bond donors (Lipinski definition) is 1. The van der Waals surface area contributed by atoms with E-state index in [-0.39, 0.29) is 25.3 Å². The number of amides is 1. The van der Waals surface area contributed by atoms with E-state index in [2.05, 4.69) is 5.32 Å². The van der Waals surface area contributed by atoms with Gasteiger partial charge in [-0.1, -0.05) is 0 Å². The van der Waals surface area contributed by atoms with Gasteiger partial charge in [0.1, 0.15) is 5.37 Å². The highest BCUT2D eigenvalue weighted by Gasteiger charge is 2.63. The highest BCUT2D eigenvalue weighted by molar-refractivity contribution is 8.00. The molecule has 10 heteroatoms. The number of sulfone groups is 1. The summed E-state index contributed by atoms with van der Waals surface area (Å²) in [5.74, 6) is -0.554. The predicted molar refractivity (Wildman–Crippen MR) is 73.6 cm³/mol. The van der Waals surface area contributed by atoms with E-state index in [1.165, 1.54) is 11.8 Å². The molecule has 2 aliphatic heterocycles. The van der Waals surface area contributed by atoms with Crippen LogP contribution in [0.15, 0.2) is 0 Å². The number of halogens is 3. The van der Waals surface area contributed by atoms with Gasteiger partial charge in [0.25, 0.3) is 0 Å². The minimum Gasteiger partial charge on any atom is -0.323 e. The van der Waals surface area contributed by atoms with E-state index < -0.39 is 39.3 Å². The summed E-state index contributed by atoms with van der Waals surface area (Å²) in [5, 5.41) is 1.39. The van der Waals surface area contributed by atoms with Crippen molar-refractivity contribution in [3.8, 4) is 0 Å². The van der Waals surface area contributed by atoms with Crippen LogP contribution in [-0.4, -0.2) is 68.2 Å². The largest absolute Gasteiger partial charge is 0.404 e. The standard InChI is InChI=1S/C11H17F3N2O3S2/c1-21(18,19)8-6-20-5-4-16(8)9(17)10(11(12,13)14)2-3-15-7-10/h8,15H,2-7H2,1H3. The lowest BCUT2D eigenvalue weighted by molar-refractivity contribution is -0.222. The van der Waals surface area contributed by atoms with Crippen LogP contribution in [0, 0.1) is 5.41 Å². The molecule has 0 bridgehead atoms. The highest BCUT2D eigenvalue weighted by atomic mass is 32.2. The van der Waals surface area contributed by atoms with Crippen molar-refractivity contribution in [2.45, 2.75) is 18.0 Å². The fraction of sp³-hybridized carbons (Fsp3) is 0.909. The minimum atomic E-state index is -4.69. The molecule has 2 atom stereocenters. The quantitative estimate of drug-likeness (QED) is 0.788. The first-order chi connectivity index (χ1) is 9.59. The van der Waals surface area contributed by atoms with Gasteiger partial charge >= 0.3 is 6.18 Å². The summed E-state index contributed by atoms with van der Waals surface area (Å²) in [4.78, 5) is 13.4. The van der Waals surface area contributed by atoms with Crippen LogP contribution >= 0.6 is 11.8 Å². The van der Waals surface area contributed by atoms with E-state index >= 15 is 0 Å². The first-order valence-electron chi connectivity index (χ1n) is 6.45. The van der Waals surface area contributed by atoms with Crippen molar-refractivity contribution >= 4 is 27.5 Å². The van der Waals surface area contributed by atoms with E-state index in [0.29, 0.717) is 5.75 Å². The molecule has 122 valence electrons. The molecule has 2 unspecified atom stereocenters. The van der Waals surface area contributed by atoms with E-state index in [1.807, 2.05) is 0 Å². The smallest absolute Gasteiger partial charge is 0.323 e. The summed E-state index contributed by atoms with van der Waals surface area (Å²) >= 11 is 1.33. The molecule has 21 heavy (non-hydrogen) atoms. The van der Waals surface area contributed by atoms with Crippen molar-refractivity contribution in [3.05, 3.63) is 0 Å². The first kappa shape index (κ1) is 16.9. The van der Waals surface area contributed by atoms with Crippen LogP contribution in [0.5, 0.6) is 0 Å². The van der Waals surface area contributed by atoms with Crippen molar-refractivity contribution in [1.29, 1.82) is 0 Å². The van der Waals surface area contributed by atoms with Gasteiger partial charge in [-0.2, -0.15) is 24.9 Å². The fourth-order valence-corrected chi connectivity index (χ4v) is 5.50. The number of hydrogen-bond acceptors (Lipinski definition) is 5. The Hall–Kier alpha value is -0.480. The number of thioether (sulfide) groups is 1. The van der Waals surface area contributed by atoms with Crippen LogP contribution in [-0.2, 0) is 14.6 Å². The van der Waals surface area contributed by atoms with Gasteiger partial charge in [0.05, 0.1) is 0 Å². The van der Waals surface area contributed by atoms with Gasteiger partial charge in [-0.05, 0) is 13.0 Å². The van der Waals surface area contributed by atoms with Gasteiger partial charge in [0, 0.05) is 30.9 Å². The van der Waals surface area contributed by atoms with Crippen LogP contribution in [0.25, 0.3) is 0 Å². The number of nitrogens with one attached hydrogen (secondary N) is 1. The normalized spacial score (nSPS) is 31.4. The Bertz CT molecular complexity index is 515. The van der Waals surface area contributed by atoms with Gasteiger partial charge in [-0.3, -0.25) is 4.79 Å². The second-order valence-corrected chi connectivity index (χ2v) is 8.72. The summed E-state index contributed by atoms with van der Waals surface area (Å²) in [7, 11) is -3.63. The lowest BCUT2D eigenvalue weighted by atomic mass is 9.84. The number of alkyl halides is 3. The maximum Gasteiger partial charge on any atom is 0.404 e. The molecule has 2 heterocycles. The van der Waals surface area contributed by atoms with Crippen LogP contribution in [0.3, 0.4) is 0 Å². The maximum absolute atomic E-state index is 13.4. The van der Waals surface area contributed by atoms with Crippen LogP contribution in [0.2, 0.25) is 0 Å². The van der Waals surface area contributed by atoms with Gasteiger partial charge in [0.15, 0.2) is 15.3 Å². The summed E-state index contributed by atoms with van der Waals surface area (Å²) < 4.78 is 63.7. The first-order valence-corrected chi connectivity index (χ1v) is 9.56. The molecule has 2 aliphatic rings. The van der Waals surface area contributed by atoms with Crippen LogP contribution in [0.1, 0.15) is 6.42 Å². The number of nitrogens with zero attached hydrogens (tertiary/aromatic N) is 1. The third-order valence-electron chi connectivity index (χ3n) is 3.95. The molecule has 0 aliphatic carbocycles. The zero-order valence-electron chi connectivity index (χ0n) is 11.4. The van der Waals surface area contributed by atoms with Crippen LogP contribution in [0.4, 0.5) is 13.2 Å². The van der Waals surface area contributed by atoms with E-state index in [4.69, 9.17) is 0 Å². The molecule has 0 aromatic rings. The fourth-order valence-electron chi connectivity index (χ4n) is 2.68. The van der Waals surface area contributed by atoms with Crippen molar-refractivity contribution < 1.29 is 26.4 Å². The molecule has 0 saturated carbocycles. The Morgan fingerprint density at radius 2 is 2.10 bits per heavy atom. The van der Waals surface area contributed by atoms with E-state index in [9.17, 15) is 26.4 Å². The molecule has 0 aromatic heterocycles. The zero-order valence-corrected chi connectivity index (χ0v) is 13.1. The number of carbonyl (C=O) groups excluding carboxylic acids is 1. The number of rotatable bonds is 2. The average molecular weight is 346 g/mol. The second-order valence-electron chi connectivity index (χ2n) is 5.36. The Balaban J connectivity index is 2.36. The van der Waals surface area contributed by atoms with Crippen molar-refractivity contribution in [2.24, 2.45) is 5.41 Å². The highest BCUT2D eigenvalue weighted by Crippen LogP contribution is 2.45. The van der Waals surface area contributed by atoms with Crippen molar-refractivity contribution in [3.63, 3.8) is 0 Å². The molecule has 5 nitrogen and oxygen atoms in total. The molecule has 2 fully saturated rings. The summed E-state index contributed by atoms with van der Waals surface area (Å²) in [6.07, 6.45) is -4.09. The van der Waals surface area contributed by atoms with Crippen LogP contribution < -0.4 is 5.32 Å². The minimum absolute atomic E-state index is 0.0269. The van der Waals surface area contributed by atoms with Gasteiger partial charge in [-0.15, -0.1) is 0 Å². The Labute approximate surface area is 125 Å². The average Bonchev–Trinajstić information content (AvgIpc) is 2.87. The van der Waals surface area contributed by atoms with E-state index in [0.717, 1.165) is 11.2 Å². The Morgan fingerprint density at radius 3 is 2.57 bits per heavy atom. The lowest BCUT2D eigenvalue weighted by Gasteiger charge is -2.40. The van der Waals surface area contributed by atoms with Crippen molar-refractivity contribution in [2.75, 3.05) is 37.4 Å². The predicted octanol–water partition coefficient (Wildman–Crippen LogP) is 0.474. The lowest BCUT2D eigenvalue weighted by Crippen LogP contribution is -2.59. The monoisotopic (exact) mass is 346 g/mol. The van der Waals surface area contributed by atoms with Crippen molar-refractivity contribution in [1.82, 2.24) is 10.2 Å². The molecule has 0 aromatic carbocycles. The van der Waals surface area contributed by atoms with Gasteiger partial charge in [-0.25, -0.2) is 8.42 Å². The zero-order chi connectivity index (χ0) is 15.9. The maximum atomic E-state index is 13.4. The topological polar surface area (TPSA) is 66.5 Å². The molecule has 0 spiro atoms. The molecule has 1 N–H and O–H groups in total. The molecular weight excluding hydrogens is 329 g/mol. The van der Waals surface area contributed by atoms with Gasteiger partial charge < -0.3 is 10.2 Å². The Kier molecular flexibility index (Phi) is 4.52. The molecule has 2 saturated heterocycles. The second kappa shape index (κ2) is 5.62. The SMILES string of the molecule is CS(=O)(=O)C1CSCCN1C(=O)C1(C(F)(F)F)CCNC1. The molecular formula is C11H17F3N2O3S2. The molecule has 0 radical (unpaired) electrons. The Morgan fingerprint density at radius 1 is 1.43 bits per heavy atom. The molecule has 1 amide bonds. The summed E-state index contributed by atoms with van der Waals surface area (Å²) in [5.41, 5.74) is -2.50. The third-order valence-corrected chi connectivity index (χ3v) is 6.59. The number of carbonyl (C=O) groups is 1. The molecule has 2 rings (SSSR count). The van der Waals surface area contributed by atoms with Gasteiger partial charge in [0.2, 0.25) is 5.91 Å².